The first-order valence-corrected chi connectivity index (χ1v) is 21.2. The van der Waals surface area contributed by atoms with E-state index in [0.717, 1.165) is 36.5 Å². The Morgan fingerprint density at radius 1 is 0.583 bits per heavy atom. The molecule has 1 heterocycles. The van der Waals surface area contributed by atoms with Gasteiger partial charge in [-0.15, -0.1) is 0 Å². The largest absolute Gasteiger partial charge is 0.474 e. The summed E-state index contributed by atoms with van der Waals surface area (Å²) in [6.07, 6.45) is 17.6. The average Bonchev–Trinajstić information content (AvgIpc) is 3.03. The zero-order valence-corrected chi connectivity index (χ0v) is 32.5. The molecule has 0 amide bonds. The second-order valence-corrected chi connectivity index (χ2v) is 17.1. The first kappa shape index (κ1) is 45.9. The van der Waals surface area contributed by atoms with Crippen LogP contribution in [0, 0.1) is 29.6 Å². The molecule has 48 heavy (non-hydrogen) atoms. The monoisotopic (exact) mass is 709 g/mol. The van der Waals surface area contributed by atoms with Gasteiger partial charge in [-0.2, -0.15) is 0 Å². The van der Waals surface area contributed by atoms with Crippen molar-refractivity contribution in [2.24, 2.45) is 29.6 Å². The molecule has 0 spiro atoms. The zero-order chi connectivity index (χ0) is 36.0. The summed E-state index contributed by atoms with van der Waals surface area (Å²) in [4.78, 5) is 10.0. The van der Waals surface area contributed by atoms with Gasteiger partial charge in [-0.3, -0.25) is 9.05 Å². The molecule has 0 saturated carbocycles. The van der Waals surface area contributed by atoms with Gasteiger partial charge in [-0.25, -0.2) is 4.57 Å². The number of phosphoric acid groups is 1. The van der Waals surface area contributed by atoms with Crippen LogP contribution < -0.4 is 0 Å². The maximum absolute atomic E-state index is 12.3. The molecule has 5 N–H and O–H groups in total. The third-order valence-corrected chi connectivity index (χ3v) is 11.5. The molecule has 11 atom stereocenters. The maximum Gasteiger partial charge on any atom is 0.474 e. The third kappa shape index (κ3) is 21.3. The van der Waals surface area contributed by atoms with Crippen molar-refractivity contribution < 1.29 is 43.7 Å². The number of unbranched alkanes of at least 4 members (excludes halogenated alkanes) is 4. The average molecular weight is 709 g/mol. The van der Waals surface area contributed by atoms with Crippen LogP contribution in [0.5, 0.6) is 0 Å². The van der Waals surface area contributed by atoms with Crippen LogP contribution in [-0.2, 0) is 18.3 Å². The van der Waals surface area contributed by atoms with Gasteiger partial charge in [0.05, 0.1) is 13.2 Å². The maximum atomic E-state index is 12.3. The van der Waals surface area contributed by atoms with Crippen molar-refractivity contribution in [2.45, 2.75) is 201 Å². The summed E-state index contributed by atoms with van der Waals surface area (Å²) >= 11 is 0. The van der Waals surface area contributed by atoms with E-state index in [1.807, 2.05) is 0 Å². The number of aliphatic hydroxyl groups excluding tert-OH is 4. The van der Waals surface area contributed by atoms with Crippen LogP contribution in [0.2, 0.25) is 0 Å². The normalized spacial score (nSPS) is 26.1. The van der Waals surface area contributed by atoms with Crippen molar-refractivity contribution in [3.8, 4) is 0 Å². The van der Waals surface area contributed by atoms with Crippen LogP contribution in [0.1, 0.15) is 170 Å². The lowest BCUT2D eigenvalue weighted by atomic mass is 9.89. The van der Waals surface area contributed by atoms with E-state index in [-0.39, 0.29) is 6.61 Å². The summed E-state index contributed by atoms with van der Waals surface area (Å²) in [5, 5.41) is 38.9. The summed E-state index contributed by atoms with van der Waals surface area (Å²) < 4.78 is 27.4. The Balaban J connectivity index is 2.06. The van der Waals surface area contributed by atoms with Gasteiger partial charge in [-0.1, -0.05) is 157 Å². The number of ether oxygens (including phenoxy) is 1. The van der Waals surface area contributed by atoms with Gasteiger partial charge in [0.2, 0.25) is 0 Å². The van der Waals surface area contributed by atoms with Crippen molar-refractivity contribution >= 4 is 7.82 Å². The second kappa shape index (κ2) is 26.7. The first-order valence-electron chi connectivity index (χ1n) is 19.8. The minimum Gasteiger partial charge on any atom is -0.394 e. The molecule has 0 bridgehead atoms. The van der Waals surface area contributed by atoms with E-state index in [1.165, 1.54) is 109 Å². The minimum atomic E-state index is -4.58. The molecule has 0 aromatic carbocycles. The Kier molecular flexibility index (Phi) is 25.5. The molecule has 1 aliphatic rings. The fourth-order valence-electron chi connectivity index (χ4n) is 7.00. The highest BCUT2D eigenvalue weighted by Crippen LogP contribution is 2.46. The minimum absolute atomic E-state index is 0.00161. The molecule has 0 radical (unpaired) electrons. The van der Waals surface area contributed by atoms with Crippen LogP contribution >= 0.6 is 7.82 Å². The first-order chi connectivity index (χ1) is 22.8. The lowest BCUT2D eigenvalue weighted by Crippen LogP contribution is -2.58. The molecule has 0 aliphatic carbocycles. The SMILES string of the molecule is CCCCCCC[C@H](C)CCC[C@H](C)CCC[C@H](C)CCC[C@H](C)CCC[C@H](C)CCCOP(=O)(O)O[C@@H]1OC(CO)[C@@H](O)[C@H](O)C1O. The van der Waals surface area contributed by atoms with E-state index in [9.17, 15) is 29.9 Å². The van der Waals surface area contributed by atoms with Crippen LogP contribution in [0.3, 0.4) is 0 Å². The number of rotatable bonds is 30. The van der Waals surface area contributed by atoms with E-state index in [1.54, 1.807) is 0 Å². The Bertz CT molecular complexity index is 815. The molecule has 0 aromatic rings. The number of phosphoric ester groups is 1. The molecule has 10 heteroatoms. The molecule has 1 fully saturated rings. The van der Waals surface area contributed by atoms with E-state index in [0.29, 0.717) is 12.3 Å². The Hall–Kier alpha value is -0.0900. The third-order valence-electron chi connectivity index (χ3n) is 10.6. The molecular weight excluding hydrogens is 631 g/mol. The summed E-state index contributed by atoms with van der Waals surface area (Å²) in [5.41, 5.74) is 0. The molecule has 1 rings (SSSR count). The Morgan fingerprint density at radius 2 is 0.979 bits per heavy atom. The van der Waals surface area contributed by atoms with Gasteiger partial charge in [0, 0.05) is 0 Å². The van der Waals surface area contributed by atoms with Crippen LogP contribution in [0.25, 0.3) is 0 Å². The van der Waals surface area contributed by atoms with Crippen molar-refractivity contribution in [2.75, 3.05) is 13.2 Å². The highest BCUT2D eigenvalue weighted by Gasteiger charge is 2.46. The molecule has 9 nitrogen and oxygen atoms in total. The molecule has 1 aliphatic heterocycles. The van der Waals surface area contributed by atoms with Crippen LogP contribution in [-0.4, -0.2) is 69.2 Å². The summed E-state index contributed by atoms with van der Waals surface area (Å²) in [6.45, 7) is 13.5. The van der Waals surface area contributed by atoms with Crippen LogP contribution in [0.4, 0.5) is 0 Å². The van der Waals surface area contributed by atoms with Gasteiger partial charge in [-0.05, 0) is 42.4 Å². The van der Waals surface area contributed by atoms with E-state index in [4.69, 9.17) is 13.8 Å². The van der Waals surface area contributed by atoms with Gasteiger partial charge >= 0.3 is 7.82 Å². The predicted octanol–water partition coefficient (Wildman–Crippen LogP) is 8.92. The smallest absolute Gasteiger partial charge is 0.394 e. The van der Waals surface area contributed by atoms with E-state index in [2.05, 4.69) is 41.5 Å². The standard InChI is InChI=1S/C38H77O9P/c1-7-8-9-10-11-17-29(2)18-12-19-30(3)20-13-21-31(4)22-14-23-32(5)24-15-25-33(6)26-16-27-45-48(43,44)47-38-37(42)36(41)35(40)34(28-39)46-38/h29-42H,7-28H2,1-6H3,(H,43,44)/t29-,30-,31-,32-,33-,34?,35+,36-,37?,38-/m0/s1. The highest BCUT2D eigenvalue weighted by molar-refractivity contribution is 7.47. The quantitative estimate of drug-likeness (QED) is 0.0365. The van der Waals surface area contributed by atoms with Gasteiger partial charge < -0.3 is 30.1 Å². The van der Waals surface area contributed by atoms with Crippen molar-refractivity contribution in [1.29, 1.82) is 0 Å². The summed E-state index contributed by atoms with van der Waals surface area (Å²) in [5.74, 6) is 3.77. The lowest BCUT2D eigenvalue weighted by Gasteiger charge is -2.39. The van der Waals surface area contributed by atoms with E-state index < -0.39 is 45.1 Å². The topological polar surface area (TPSA) is 146 Å². The Morgan fingerprint density at radius 3 is 1.40 bits per heavy atom. The Labute approximate surface area is 294 Å². The molecule has 288 valence electrons. The molecule has 3 unspecified atom stereocenters. The van der Waals surface area contributed by atoms with Gasteiger partial charge in [0.1, 0.15) is 24.4 Å². The lowest BCUT2D eigenvalue weighted by molar-refractivity contribution is -0.281. The van der Waals surface area contributed by atoms with E-state index >= 15 is 0 Å². The number of hydrogen-bond donors (Lipinski definition) is 5. The summed E-state index contributed by atoms with van der Waals surface area (Å²) in [7, 11) is -4.58. The number of hydrogen-bond acceptors (Lipinski definition) is 8. The predicted molar refractivity (Wildman–Crippen MR) is 194 cm³/mol. The fraction of sp³-hybridized carbons (Fsp3) is 1.00. The van der Waals surface area contributed by atoms with Gasteiger partial charge in [0.15, 0.2) is 6.29 Å². The molecular formula is C38H77O9P. The molecule has 0 aromatic heterocycles. The number of aliphatic hydroxyl groups is 4. The van der Waals surface area contributed by atoms with Crippen LogP contribution in [0.15, 0.2) is 0 Å². The fourth-order valence-corrected chi connectivity index (χ4v) is 7.86. The summed E-state index contributed by atoms with van der Waals surface area (Å²) in [6, 6.07) is 0. The molecule has 1 saturated heterocycles. The van der Waals surface area contributed by atoms with Crippen molar-refractivity contribution in [3.05, 3.63) is 0 Å². The second-order valence-electron chi connectivity index (χ2n) is 15.7. The highest BCUT2D eigenvalue weighted by atomic mass is 31.2. The van der Waals surface area contributed by atoms with Gasteiger partial charge in [0.25, 0.3) is 0 Å². The zero-order valence-electron chi connectivity index (χ0n) is 31.6. The van der Waals surface area contributed by atoms with Crippen molar-refractivity contribution in [1.82, 2.24) is 0 Å². The van der Waals surface area contributed by atoms with Crippen molar-refractivity contribution in [3.63, 3.8) is 0 Å².